The third kappa shape index (κ3) is 5.15. The normalized spacial score (nSPS) is 17.1. The van der Waals surface area contributed by atoms with Crippen LogP contribution in [-0.2, 0) is 9.53 Å². The Labute approximate surface area is 135 Å². The summed E-state index contributed by atoms with van der Waals surface area (Å²) in [5.41, 5.74) is 0.395. The molecule has 7 nitrogen and oxygen atoms in total. The predicted octanol–water partition coefficient (Wildman–Crippen LogP) is 1.44. The highest BCUT2D eigenvalue weighted by Crippen LogP contribution is 2.18. The SMILES string of the molecule is CC(CNC(=O)C=Cc1ccccc1[N+](=O)[O-])N1CCOCC1. The van der Waals surface area contributed by atoms with E-state index in [2.05, 4.69) is 17.1 Å². The second-order valence-electron chi connectivity index (χ2n) is 5.39. The van der Waals surface area contributed by atoms with E-state index >= 15 is 0 Å². The van der Waals surface area contributed by atoms with E-state index in [1.807, 2.05) is 0 Å². The number of benzene rings is 1. The smallest absolute Gasteiger partial charge is 0.276 e. The molecule has 0 saturated carbocycles. The molecule has 1 amide bonds. The van der Waals surface area contributed by atoms with Gasteiger partial charge in [-0.3, -0.25) is 19.8 Å². The molecule has 1 aliphatic rings. The topological polar surface area (TPSA) is 84.7 Å². The van der Waals surface area contributed by atoms with Crippen molar-refractivity contribution < 1.29 is 14.5 Å². The molecule has 2 rings (SSSR count). The average molecular weight is 319 g/mol. The Bertz CT molecular complexity index is 582. The summed E-state index contributed by atoms with van der Waals surface area (Å²) in [6, 6.07) is 6.54. The molecule has 0 spiro atoms. The van der Waals surface area contributed by atoms with Gasteiger partial charge in [-0.1, -0.05) is 12.1 Å². The van der Waals surface area contributed by atoms with Crippen molar-refractivity contribution in [2.45, 2.75) is 13.0 Å². The molecule has 0 radical (unpaired) electrons. The fourth-order valence-corrected chi connectivity index (χ4v) is 2.41. The maximum atomic E-state index is 11.9. The van der Waals surface area contributed by atoms with Gasteiger partial charge in [0.25, 0.3) is 5.69 Å². The van der Waals surface area contributed by atoms with E-state index in [1.165, 1.54) is 18.2 Å². The van der Waals surface area contributed by atoms with Gasteiger partial charge < -0.3 is 10.1 Å². The van der Waals surface area contributed by atoms with E-state index in [1.54, 1.807) is 18.2 Å². The lowest BCUT2D eigenvalue weighted by Crippen LogP contribution is -2.47. The van der Waals surface area contributed by atoms with E-state index in [0.717, 1.165) is 26.3 Å². The molecule has 1 fully saturated rings. The Hall–Kier alpha value is -2.25. The van der Waals surface area contributed by atoms with Gasteiger partial charge in [0.05, 0.1) is 23.7 Å². The van der Waals surface area contributed by atoms with Crippen LogP contribution in [-0.4, -0.2) is 54.6 Å². The van der Waals surface area contributed by atoms with Crippen LogP contribution in [0.1, 0.15) is 12.5 Å². The minimum absolute atomic E-state index is 0.0155. The van der Waals surface area contributed by atoms with Crippen LogP contribution in [0.2, 0.25) is 0 Å². The number of morpholine rings is 1. The zero-order valence-corrected chi connectivity index (χ0v) is 13.1. The Morgan fingerprint density at radius 2 is 2.13 bits per heavy atom. The number of nitro groups is 1. The highest BCUT2D eigenvalue weighted by atomic mass is 16.6. The van der Waals surface area contributed by atoms with E-state index in [-0.39, 0.29) is 17.6 Å². The van der Waals surface area contributed by atoms with Gasteiger partial charge in [-0.15, -0.1) is 0 Å². The van der Waals surface area contributed by atoms with Gasteiger partial charge in [0, 0.05) is 37.8 Å². The third-order valence-electron chi connectivity index (χ3n) is 3.79. The Balaban J connectivity index is 1.86. The Morgan fingerprint density at radius 1 is 1.43 bits per heavy atom. The molecule has 1 N–H and O–H groups in total. The first-order valence-electron chi connectivity index (χ1n) is 7.59. The van der Waals surface area contributed by atoms with E-state index in [4.69, 9.17) is 4.74 Å². The van der Waals surface area contributed by atoms with Crippen LogP contribution in [0.25, 0.3) is 6.08 Å². The summed E-state index contributed by atoms with van der Waals surface area (Å²) < 4.78 is 5.30. The molecular weight excluding hydrogens is 298 g/mol. The number of nitro benzene ring substituents is 1. The van der Waals surface area contributed by atoms with E-state index in [9.17, 15) is 14.9 Å². The summed E-state index contributed by atoms with van der Waals surface area (Å²) in [7, 11) is 0. The van der Waals surface area contributed by atoms with Crippen LogP contribution in [0.4, 0.5) is 5.69 Å². The van der Waals surface area contributed by atoms with Crippen LogP contribution in [0.5, 0.6) is 0 Å². The van der Waals surface area contributed by atoms with Crippen LogP contribution < -0.4 is 5.32 Å². The summed E-state index contributed by atoms with van der Waals surface area (Å²) in [5.74, 6) is -0.261. The molecule has 1 atom stereocenters. The Kier molecular flexibility index (Phi) is 6.25. The molecule has 0 bridgehead atoms. The monoisotopic (exact) mass is 319 g/mol. The fraction of sp³-hybridized carbons (Fsp3) is 0.438. The van der Waals surface area contributed by atoms with Gasteiger partial charge >= 0.3 is 0 Å². The highest BCUT2D eigenvalue weighted by molar-refractivity contribution is 5.92. The maximum Gasteiger partial charge on any atom is 0.276 e. The number of carbonyl (C=O) groups excluding carboxylic acids is 1. The summed E-state index contributed by atoms with van der Waals surface area (Å²) in [5, 5.41) is 13.7. The van der Waals surface area contributed by atoms with E-state index in [0.29, 0.717) is 12.1 Å². The summed E-state index contributed by atoms with van der Waals surface area (Å²) >= 11 is 0. The first-order valence-corrected chi connectivity index (χ1v) is 7.59. The first kappa shape index (κ1) is 17.1. The van der Waals surface area contributed by atoms with Crippen molar-refractivity contribution in [3.63, 3.8) is 0 Å². The number of hydrogen-bond donors (Lipinski definition) is 1. The number of nitrogens with zero attached hydrogens (tertiary/aromatic N) is 2. The van der Waals surface area contributed by atoms with Crippen LogP contribution >= 0.6 is 0 Å². The van der Waals surface area contributed by atoms with Gasteiger partial charge in [0.15, 0.2) is 0 Å². The van der Waals surface area contributed by atoms with Gasteiger partial charge in [-0.2, -0.15) is 0 Å². The zero-order chi connectivity index (χ0) is 16.7. The molecule has 23 heavy (non-hydrogen) atoms. The minimum Gasteiger partial charge on any atom is -0.379 e. The van der Waals surface area contributed by atoms with Crippen LogP contribution in [0, 0.1) is 10.1 Å². The van der Waals surface area contributed by atoms with Gasteiger partial charge in [-0.05, 0) is 19.1 Å². The molecular formula is C16H21N3O4. The molecule has 1 aromatic carbocycles. The number of amides is 1. The molecule has 1 heterocycles. The molecule has 1 saturated heterocycles. The van der Waals surface area contributed by atoms with E-state index < -0.39 is 4.92 Å². The number of carbonyl (C=O) groups is 1. The fourth-order valence-electron chi connectivity index (χ4n) is 2.41. The van der Waals surface area contributed by atoms with Crippen molar-refractivity contribution in [2.75, 3.05) is 32.8 Å². The second kappa shape index (κ2) is 8.40. The first-order chi connectivity index (χ1) is 11.1. The maximum absolute atomic E-state index is 11.9. The molecule has 1 aliphatic heterocycles. The van der Waals surface area contributed by atoms with Crippen molar-refractivity contribution >= 4 is 17.7 Å². The lowest BCUT2D eigenvalue weighted by molar-refractivity contribution is -0.385. The van der Waals surface area contributed by atoms with Crippen molar-refractivity contribution in [3.8, 4) is 0 Å². The number of rotatable bonds is 6. The van der Waals surface area contributed by atoms with Gasteiger partial charge in [-0.25, -0.2) is 0 Å². The Morgan fingerprint density at radius 3 is 2.83 bits per heavy atom. The van der Waals surface area contributed by atoms with Gasteiger partial charge in [0.2, 0.25) is 5.91 Å². The quantitative estimate of drug-likeness (QED) is 0.487. The predicted molar refractivity (Wildman–Crippen MR) is 87.0 cm³/mol. The van der Waals surface area contributed by atoms with Crippen molar-refractivity contribution in [2.24, 2.45) is 0 Å². The summed E-state index contributed by atoms with van der Waals surface area (Å²) in [4.78, 5) is 24.6. The number of hydrogen-bond acceptors (Lipinski definition) is 5. The standard InChI is InChI=1S/C16H21N3O4/c1-13(18-8-10-23-11-9-18)12-17-16(20)7-6-14-4-2-3-5-15(14)19(21)22/h2-7,13H,8-12H2,1H3,(H,17,20). The average Bonchev–Trinajstić information content (AvgIpc) is 2.58. The molecule has 0 aliphatic carbocycles. The lowest BCUT2D eigenvalue weighted by atomic mass is 10.1. The van der Waals surface area contributed by atoms with Crippen LogP contribution in [0.15, 0.2) is 30.3 Å². The molecule has 7 heteroatoms. The van der Waals surface area contributed by atoms with Crippen molar-refractivity contribution in [1.29, 1.82) is 0 Å². The largest absolute Gasteiger partial charge is 0.379 e. The van der Waals surface area contributed by atoms with Crippen molar-refractivity contribution in [1.82, 2.24) is 10.2 Å². The third-order valence-corrected chi connectivity index (χ3v) is 3.79. The minimum atomic E-state index is -0.460. The lowest BCUT2D eigenvalue weighted by Gasteiger charge is -2.32. The highest BCUT2D eigenvalue weighted by Gasteiger charge is 2.17. The summed E-state index contributed by atoms with van der Waals surface area (Å²) in [6.07, 6.45) is 2.79. The second-order valence-corrected chi connectivity index (χ2v) is 5.39. The number of ether oxygens (including phenoxy) is 1. The molecule has 1 aromatic rings. The molecule has 0 aromatic heterocycles. The van der Waals surface area contributed by atoms with Gasteiger partial charge in [0.1, 0.15) is 0 Å². The van der Waals surface area contributed by atoms with Crippen molar-refractivity contribution in [3.05, 3.63) is 46.0 Å². The molecule has 1 unspecified atom stereocenters. The number of para-hydroxylation sites is 1. The zero-order valence-electron chi connectivity index (χ0n) is 13.1. The number of nitrogens with one attached hydrogen (secondary N) is 1. The summed E-state index contributed by atoms with van der Waals surface area (Å²) in [6.45, 7) is 5.75. The van der Waals surface area contributed by atoms with Crippen LogP contribution in [0.3, 0.4) is 0 Å². The molecule has 124 valence electrons.